The lowest BCUT2D eigenvalue weighted by Crippen LogP contribution is -2.50. The zero-order valence-electron chi connectivity index (χ0n) is 31.7. The molecule has 280 valence electrons. The lowest BCUT2D eigenvalue weighted by molar-refractivity contribution is -0.887. The molecule has 0 heterocycles. The number of hydrogen-bond donors (Lipinski definition) is 1. The first kappa shape index (κ1) is 45.8. The predicted octanol–water partition coefficient (Wildman–Crippen LogP) is 9.74. The average molecular weight is 681 g/mol. The molecule has 0 aromatic heterocycles. The molecule has 2 atom stereocenters. The number of aliphatic carboxylic acids is 1. The Balaban J connectivity index is 4.44. The number of hydrogen-bond acceptors (Lipinski definition) is 6. The van der Waals surface area contributed by atoms with Gasteiger partial charge in [-0.05, 0) is 32.1 Å². The number of likely N-dealkylation sites (N-methyl/N-ethyl adjacent to an activating group) is 1. The van der Waals surface area contributed by atoms with E-state index in [9.17, 15) is 19.5 Å². The van der Waals surface area contributed by atoms with Crippen LogP contribution in [0.2, 0.25) is 0 Å². The highest BCUT2D eigenvalue weighted by atomic mass is 16.6. The summed E-state index contributed by atoms with van der Waals surface area (Å²) < 4.78 is 17.2. The van der Waals surface area contributed by atoms with E-state index in [2.05, 4.69) is 38.2 Å². The molecule has 1 N–H and O–H groups in total. The van der Waals surface area contributed by atoms with E-state index in [1.165, 1.54) is 77.0 Å². The lowest BCUT2D eigenvalue weighted by Gasteiger charge is -2.31. The number of allylic oxidation sites excluding steroid dienone is 4. The third-order valence-electron chi connectivity index (χ3n) is 8.63. The average Bonchev–Trinajstić information content (AvgIpc) is 3.03. The summed E-state index contributed by atoms with van der Waals surface area (Å²) in [6.07, 6.45) is 32.2. The molecule has 0 bridgehead atoms. The van der Waals surface area contributed by atoms with Crippen molar-refractivity contribution in [3.8, 4) is 0 Å². The van der Waals surface area contributed by atoms with Crippen molar-refractivity contribution in [2.75, 3.05) is 41.0 Å². The highest BCUT2D eigenvalue weighted by Crippen LogP contribution is 2.14. The number of esters is 2. The minimum Gasteiger partial charge on any atom is -0.477 e. The first-order chi connectivity index (χ1) is 23.1. The van der Waals surface area contributed by atoms with E-state index in [1.807, 2.05) is 21.1 Å². The van der Waals surface area contributed by atoms with Gasteiger partial charge in [-0.25, -0.2) is 4.79 Å². The van der Waals surface area contributed by atoms with Crippen LogP contribution in [-0.2, 0) is 28.6 Å². The fraction of sp³-hybridized carbons (Fsp3) is 0.825. The van der Waals surface area contributed by atoms with E-state index in [1.54, 1.807) is 0 Å². The third kappa shape index (κ3) is 29.9. The Bertz CT molecular complexity index is 849. The van der Waals surface area contributed by atoms with Crippen molar-refractivity contribution in [1.82, 2.24) is 0 Å². The maximum atomic E-state index is 12.6. The van der Waals surface area contributed by atoms with E-state index >= 15 is 0 Å². The van der Waals surface area contributed by atoms with Crippen LogP contribution in [0.25, 0.3) is 0 Å². The smallest absolute Gasteiger partial charge is 0.362 e. The summed E-state index contributed by atoms with van der Waals surface area (Å²) in [6.45, 7) is 4.64. The quantitative estimate of drug-likeness (QED) is 0.0313. The van der Waals surface area contributed by atoms with Crippen LogP contribution in [0.3, 0.4) is 0 Å². The standard InChI is InChI=1S/C40H73NO7/c1-6-8-10-12-14-16-18-19-21-22-24-26-28-30-38(42)47-35-36(34-46-33-32-37(40(44)45)41(3,4)5)48-39(43)31-29-27-25-23-20-17-15-13-11-9-7-2/h13,15,17,20,36-37H,6-12,14,16,18-19,21-35H2,1-5H3/p+1/b15-13+,20-17+. The highest BCUT2D eigenvalue weighted by Gasteiger charge is 2.31. The topological polar surface area (TPSA) is 99.1 Å². The summed E-state index contributed by atoms with van der Waals surface area (Å²) in [4.78, 5) is 36.7. The Morgan fingerprint density at radius 2 is 1.10 bits per heavy atom. The van der Waals surface area contributed by atoms with Gasteiger partial charge in [0.2, 0.25) is 0 Å². The SMILES string of the molecule is CCCC/C=C/C=C/CCCCCC(=O)OC(COCCC(C(=O)O)[N+](C)(C)C)COC(=O)CCCCCCCCCCCCCCC. The van der Waals surface area contributed by atoms with Crippen LogP contribution in [0.15, 0.2) is 24.3 Å². The number of rotatable bonds is 34. The second-order valence-corrected chi connectivity index (χ2v) is 14.2. The van der Waals surface area contributed by atoms with Gasteiger partial charge in [0.15, 0.2) is 12.1 Å². The maximum absolute atomic E-state index is 12.6. The first-order valence-corrected chi connectivity index (χ1v) is 19.4. The number of carbonyl (C=O) groups excluding carboxylic acids is 2. The van der Waals surface area contributed by atoms with Crippen LogP contribution in [0, 0.1) is 0 Å². The molecule has 0 saturated heterocycles. The van der Waals surface area contributed by atoms with E-state index in [0.717, 1.165) is 51.4 Å². The molecule has 2 unspecified atom stereocenters. The Kier molecular flexibility index (Phi) is 30.6. The number of carbonyl (C=O) groups is 3. The second-order valence-electron chi connectivity index (χ2n) is 14.2. The van der Waals surface area contributed by atoms with Crippen LogP contribution in [0.1, 0.15) is 162 Å². The summed E-state index contributed by atoms with van der Waals surface area (Å²) in [5, 5.41) is 9.57. The minimum absolute atomic E-state index is 0.0534. The van der Waals surface area contributed by atoms with Gasteiger partial charge in [0, 0.05) is 19.3 Å². The number of nitrogens with zero attached hydrogens (tertiary/aromatic N) is 1. The fourth-order valence-corrected chi connectivity index (χ4v) is 5.54. The zero-order valence-corrected chi connectivity index (χ0v) is 31.7. The van der Waals surface area contributed by atoms with Crippen molar-refractivity contribution < 1.29 is 38.2 Å². The van der Waals surface area contributed by atoms with E-state index in [-0.39, 0.29) is 36.2 Å². The van der Waals surface area contributed by atoms with Gasteiger partial charge in [-0.3, -0.25) is 9.59 Å². The number of unbranched alkanes of at least 4 members (excludes halogenated alkanes) is 17. The van der Waals surface area contributed by atoms with Crippen LogP contribution in [0.5, 0.6) is 0 Å². The molecule has 0 amide bonds. The van der Waals surface area contributed by atoms with Crippen LogP contribution in [0.4, 0.5) is 0 Å². The molecule has 0 spiro atoms. The Morgan fingerprint density at radius 3 is 1.62 bits per heavy atom. The van der Waals surface area contributed by atoms with E-state index in [4.69, 9.17) is 14.2 Å². The van der Waals surface area contributed by atoms with Crippen molar-refractivity contribution in [2.24, 2.45) is 0 Å². The molecule has 0 rings (SSSR count). The van der Waals surface area contributed by atoms with Crippen molar-refractivity contribution in [2.45, 2.75) is 174 Å². The molecule has 8 nitrogen and oxygen atoms in total. The molecule has 0 aliphatic carbocycles. The van der Waals surface area contributed by atoms with Crippen molar-refractivity contribution >= 4 is 17.9 Å². The Morgan fingerprint density at radius 1 is 0.625 bits per heavy atom. The van der Waals surface area contributed by atoms with E-state index < -0.39 is 18.1 Å². The largest absolute Gasteiger partial charge is 0.477 e. The van der Waals surface area contributed by atoms with Gasteiger partial charge in [0.25, 0.3) is 0 Å². The van der Waals surface area contributed by atoms with Crippen LogP contribution < -0.4 is 0 Å². The first-order valence-electron chi connectivity index (χ1n) is 19.4. The van der Waals surface area contributed by atoms with Crippen LogP contribution in [-0.4, -0.2) is 80.6 Å². The molecular weight excluding hydrogens is 606 g/mol. The predicted molar refractivity (Wildman–Crippen MR) is 197 cm³/mol. The van der Waals surface area contributed by atoms with Crippen molar-refractivity contribution in [3.05, 3.63) is 24.3 Å². The van der Waals surface area contributed by atoms with Gasteiger partial charge < -0.3 is 23.8 Å². The number of quaternary nitrogens is 1. The van der Waals surface area contributed by atoms with Gasteiger partial charge in [0.05, 0.1) is 34.4 Å². The zero-order chi connectivity index (χ0) is 35.7. The third-order valence-corrected chi connectivity index (χ3v) is 8.63. The van der Waals surface area contributed by atoms with E-state index in [0.29, 0.717) is 19.3 Å². The van der Waals surface area contributed by atoms with Gasteiger partial charge in [-0.1, -0.05) is 134 Å². The summed E-state index contributed by atoms with van der Waals surface area (Å²) in [6, 6.07) is -0.615. The minimum atomic E-state index is -0.880. The monoisotopic (exact) mass is 681 g/mol. The summed E-state index contributed by atoms with van der Waals surface area (Å²) in [5.74, 6) is -1.50. The molecule has 0 aliphatic heterocycles. The number of carboxylic acid groups (broad SMARTS) is 1. The molecule has 0 saturated carbocycles. The highest BCUT2D eigenvalue weighted by molar-refractivity contribution is 5.72. The van der Waals surface area contributed by atoms with Gasteiger partial charge in [-0.15, -0.1) is 0 Å². The summed E-state index contributed by atoms with van der Waals surface area (Å²) in [7, 11) is 5.51. The summed E-state index contributed by atoms with van der Waals surface area (Å²) in [5.41, 5.74) is 0. The molecule has 48 heavy (non-hydrogen) atoms. The second kappa shape index (κ2) is 32.0. The van der Waals surface area contributed by atoms with Crippen molar-refractivity contribution in [1.29, 1.82) is 0 Å². The Labute approximate surface area is 294 Å². The van der Waals surface area contributed by atoms with Gasteiger partial charge >= 0.3 is 17.9 Å². The van der Waals surface area contributed by atoms with Gasteiger partial charge in [-0.2, -0.15) is 0 Å². The van der Waals surface area contributed by atoms with Crippen LogP contribution >= 0.6 is 0 Å². The molecule has 0 aliphatic rings. The molecule has 8 heteroatoms. The normalized spacial score (nSPS) is 13.3. The number of carboxylic acids is 1. The molecule has 0 radical (unpaired) electrons. The molecule has 0 aromatic carbocycles. The van der Waals surface area contributed by atoms with Gasteiger partial charge in [0.1, 0.15) is 6.61 Å². The van der Waals surface area contributed by atoms with Crippen molar-refractivity contribution in [3.63, 3.8) is 0 Å². The molecule has 0 fully saturated rings. The summed E-state index contributed by atoms with van der Waals surface area (Å²) >= 11 is 0. The fourth-order valence-electron chi connectivity index (χ4n) is 5.54. The molecule has 0 aromatic rings. The number of ether oxygens (including phenoxy) is 3. The molecular formula is C40H74NO7+. The Hall–Kier alpha value is -2.19. The lowest BCUT2D eigenvalue weighted by atomic mass is 10.0. The maximum Gasteiger partial charge on any atom is 0.362 e.